The van der Waals surface area contributed by atoms with Gasteiger partial charge in [-0.05, 0) is 67.3 Å². The van der Waals surface area contributed by atoms with Crippen LogP contribution in [0.25, 0.3) is 10.2 Å². The van der Waals surface area contributed by atoms with Gasteiger partial charge < -0.3 is 5.73 Å². The maximum absolute atomic E-state index is 13.1. The van der Waals surface area contributed by atoms with E-state index in [1.165, 1.54) is 47.4 Å². The number of ketones is 1. The molecule has 7 nitrogen and oxygen atoms in total. The SMILES string of the molecule is Nc1c(C(=O)c2ccc(S(=O)(=O)Nc3ccccn3)cc2)sc2nc3c(cc12)CCC3. The average molecular weight is 451 g/mol. The number of nitrogens with one attached hydrogen (secondary N) is 1. The number of aromatic nitrogens is 2. The zero-order valence-electron chi connectivity index (χ0n) is 16.3. The summed E-state index contributed by atoms with van der Waals surface area (Å²) in [6, 6.07) is 12.8. The smallest absolute Gasteiger partial charge is 0.263 e. The molecule has 156 valence electrons. The number of aryl methyl sites for hydroxylation is 2. The van der Waals surface area contributed by atoms with Crippen LogP contribution >= 0.6 is 11.3 Å². The Bertz CT molecular complexity index is 1410. The second kappa shape index (κ2) is 7.44. The molecule has 0 atom stereocenters. The van der Waals surface area contributed by atoms with E-state index in [2.05, 4.69) is 9.71 Å². The molecule has 0 saturated carbocycles. The summed E-state index contributed by atoms with van der Waals surface area (Å²) in [4.78, 5) is 23.0. The molecule has 4 aromatic rings. The number of nitrogens with two attached hydrogens (primary N) is 1. The van der Waals surface area contributed by atoms with Gasteiger partial charge in [-0.3, -0.25) is 9.52 Å². The maximum Gasteiger partial charge on any atom is 0.263 e. The van der Waals surface area contributed by atoms with E-state index < -0.39 is 10.0 Å². The van der Waals surface area contributed by atoms with Crippen LogP contribution in [0.4, 0.5) is 11.5 Å². The Kier molecular flexibility index (Phi) is 4.71. The van der Waals surface area contributed by atoms with Crippen molar-refractivity contribution >= 4 is 48.9 Å². The first-order valence-corrected chi connectivity index (χ1v) is 12.0. The van der Waals surface area contributed by atoms with Crippen molar-refractivity contribution in [2.24, 2.45) is 0 Å². The van der Waals surface area contributed by atoms with Crippen LogP contribution in [0.3, 0.4) is 0 Å². The zero-order chi connectivity index (χ0) is 21.6. The largest absolute Gasteiger partial charge is 0.397 e. The fourth-order valence-electron chi connectivity index (χ4n) is 3.70. The first-order chi connectivity index (χ1) is 14.9. The number of fused-ring (bicyclic) bond motifs is 2. The molecule has 0 saturated heterocycles. The lowest BCUT2D eigenvalue weighted by Gasteiger charge is -2.07. The van der Waals surface area contributed by atoms with E-state index in [0.29, 0.717) is 16.1 Å². The number of rotatable bonds is 5. The van der Waals surface area contributed by atoms with Crippen LogP contribution in [0.5, 0.6) is 0 Å². The van der Waals surface area contributed by atoms with Crippen LogP contribution in [0.15, 0.2) is 59.6 Å². The fourth-order valence-corrected chi connectivity index (χ4v) is 5.77. The Morgan fingerprint density at radius 3 is 2.65 bits per heavy atom. The third kappa shape index (κ3) is 3.55. The van der Waals surface area contributed by atoms with Crippen molar-refractivity contribution < 1.29 is 13.2 Å². The third-order valence-corrected chi connectivity index (χ3v) is 7.77. The number of anilines is 2. The molecule has 5 rings (SSSR count). The van der Waals surface area contributed by atoms with E-state index in [0.717, 1.165) is 35.2 Å². The summed E-state index contributed by atoms with van der Waals surface area (Å²) in [5, 5.41) is 0.813. The molecule has 0 radical (unpaired) electrons. The lowest BCUT2D eigenvalue weighted by molar-refractivity contribution is 0.104. The molecule has 0 fully saturated rings. The van der Waals surface area contributed by atoms with Gasteiger partial charge >= 0.3 is 0 Å². The monoisotopic (exact) mass is 450 g/mol. The van der Waals surface area contributed by atoms with E-state index >= 15 is 0 Å². The summed E-state index contributed by atoms with van der Waals surface area (Å²) >= 11 is 1.28. The van der Waals surface area contributed by atoms with Crippen molar-refractivity contribution in [1.29, 1.82) is 0 Å². The second-order valence-corrected chi connectivity index (χ2v) is 10.0. The van der Waals surface area contributed by atoms with Crippen molar-refractivity contribution in [3.63, 3.8) is 0 Å². The summed E-state index contributed by atoms with van der Waals surface area (Å²) in [6.45, 7) is 0. The molecule has 1 aromatic carbocycles. The van der Waals surface area contributed by atoms with Crippen molar-refractivity contribution in [2.45, 2.75) is 24.2 Å². The summed E-state index contributed by atoms with van der Waals surface area (Å²) in [5.41, 5.74) is 9.37. The first kappa shape index (κ1) is 19.7. The lowest BCUT2D eigenvalue weighted by Crippen LogP contribution is -2.14. The van der Waals surface area contributed by atoms with E-state index in [9.17, 15) is 13.2 Å². The summed E-state index contributed by atoms with van der Waals surface area (Å²) in [7, 11) is -3.81. The van der Waals surface area contributed by atoms with E-state index in [1.807, 2.05) is 6.07 Å². The minimum atomic E-state index is -3.81. The molecule has 0 bridgehead atoms. The molecule has 9 heteroatoms. The van der Waals surface area contributed by atoms with Crippen LogP contribution in [0, 0.1) is 0 Å². The highest BCUT2D eigenvalue weighted by Crippen LogP contribution is 2.37. The third-order valence-electron chi connectivity index (χ3n) is 5.29. The van der Waals surface area contributed by atoms with E-state index in [4.69, 9.17) is 10.7 Å². The van der Waals surface area contributed by atoms with Crippen molar-refractivity contribution in [3.8, 4) is 0 Å². The van der Waals surface area contributed by atoms with Gasteiger partial charge in [-0.1, -0.05) is 6.07 Å². The normalized spacial score (nSPS) is 13.3. The standard InChI is InChI=1S/C22H18N4O3S2/c23-19-16-12-14-4-3-5-17(14)25-22(16)30-21(19)20(27)13-7-9-15(10-8-13)31(28,29)26-18-6-1-2-11-24-18/h1-2,6-12H,3-5,23H2,(H,24,26). The Hall–Kier alpha value is -3.30. The molecule has 3 aromatic heterocycles. The molecular formula is C22H18N4O3S2. The fraction of sp³-hybridized carbons (Fsp3) is 0.136. The van der Waals surface area contributed by atoms with Crippen LogP contribution in [-0.2, 0) is 22.9 Å². The van der Waals surface area contributed by atoms with Gasteiger partial charge in [0.2, 0.25) is 5.78 Å². The topological polar surface area (TPSA) is 115 Å². The average Bonchev–Trinajstić information content (AvgIpc) is 3.36. The Morgan fingerprint density at radius 2 is 1.90 bits per heavy atom. The quantitative estimate of drug-likeness (QED) is 0.447. The van der Waals surface area contributed by atoms with Gasteiger partial charge in [-0.2, -0.15) is 0 Å². The number of carbonyl (C=O) groups excluding carboxylic acids is 1. The molecule has 0 aliphatic heterocycles. The molecule has 0 amide bonds. The van der Waals surface area contributed by atoms with Crippen LogP contribution in [0.1, 0.15) is 32.9 Å². The minimum Gasteiger partial charge on any atom is -0.397 e. The molecule has 1 aliphatic rings. The Balaban J connectivity index is 1.43. The number of nitrogen functional groups attached to an aromatic ring is 1. The molecule has 0 spiro atoms. The number of pyridine rings is 2. The maximum atomic E-state index is 13.1. The van der Waals surface area contributed by atoms with Crippen molar-refractivity contribution in [2.75, 3.05) is 10.5 Å². The molecular weight excluding hydrogens is 432 g/mol. The lowest BCUT2D eigenvalue weighted by atomic mass is 10.1. The molecule has 3 N–H and O–H groups in total. The predicted molar refractivity (Wildman–Crippen MR) is 121 cm³/mol. The highest BCUT2D eigenvalue weighted by Gasteiger charge is 2.23. The summed E-state index contributed by atoms with van der Waals surface area (Å²) in [6.07, 6.45) is 4.53. The van der Waals surface area contributed by atoms with Crippen LogP contribution < -0.4 is 10.5 Å². The van der Waals surface area contributed by atoms with Crippen LogP contribution in [0.2, 0.25) is 0 Å². The van der Waals surface area contributed by atoms with E-state index in [1.54, 1.807) is 18.2 Å². The van der Waals surface area contributed by atoms with Crippen molar-refractivity contribution in [1.82, 2.24) is 9.97 Å². The molecule has 3 heterocycles. The van der Waals surface area contributed by atoms with Crippen molar-refractivity contribution in [3.05, 3.63) is 76.4 Å². The number of benzene rings is 1. The summed E-state index contributed by atoms with van der Waals surface area (Å²) in [5.74, 6) is -0.0256. The van der Waals surface area contributed by atoms with Gasteiger partial charge in [-0.25, -0.2) is 18.4 Å². The summed E-state index contributed by atoms with van der Waals surface area (Å²) < 4.78 is 27.5. The van der Waals surface area contributed by atoms with Gasteiger partial charge in [0.05, 0.1) is 10.6 Å². The van der Waals surface area contributed by atoms with Gasteiger partial charge in [0.1, 0.15) is 15.5 Å². The Labute approximate surface area is 183 Å². The highest BCUT2D eigenvalue weighted by molar-refractivity contribution is 7.92. The number of thiophene rings is 1. The van der Waals surface area contributed by atoms with Gasteiger partial charge in [0.25, 0.3) is 10.0 Å². The number of carbonyl (C=O) groups is 1. The predicted octanol–water partition coefficient (Wildman–Crippen LogP) is 3.79. The molecule has 1 aliphatic carbocycles. The van der Waals surface area contributed by atoms with Gasteiger partial charge in [-0.15, -0.1) is 11.3 Å². The van der Waals surface area contributed by atoms with Gasteiger partial charge in [0.15, 0.2) is 0 Å². The number of hydrogen-bond donors (Lipinski definition) is 2. The van der Waals surface area contributed by atoms with Crippen LogP contribution in [-0.4, -0.2) is 24.2 Å². The van der Waals surface area contributed by atoms with E-state index in [-0.39, 0.29) is 16.5 Å². The Morgan fingerprint density at radius 1 is 1.10 bits per heavy atom. The van der Waals surface area contributed by atoms with Gasteiger partial charge in [0, 0.05) is 22.8 Å². The zero-order valence-corrected chi connectivity index (χ0v) is 18.0. The number of nitrogens with zero attached hydrogens (tertiary/aromatic N) is 2. The molecule has 0 unspecified atom stereocenters. The number of hydrogen-bond acceptors (Lipinski definition) is 7. The second-order valence-electron chi connectivity index (χ2n) is 7.32. The minimum absolute atomic E-state index is 0.0390. The number of sulfonamides is 1. The first-order valence-electron chi connectivity index (χ1n) is 9.72. The molecule has 31 heavy (non-hydrogen) atoms. The highest BCUT2D eigenvalue weighted by atomic mass is 32.2.